The van der Waals surface area contributed by atoms with Crippen LogP contribution in [0.25, 0.3) is 17.3 Å². The molecular formula is C22H28FN3O6S. The van der Waals surface area contributed by atoms with Crippen LogP contribution in [-0.4, -0.2) is 65.2 Å². The zero-order valence-electron chi connectivity index (χ0n) is 24.7. The first-order chi connectivity index (χ1) is 18.1. The Morgan fingerprint density at radius 2 is 1.91 bits per heavy atom. The second kappa shape index (κ2) is 10.8. The van der Waals surface area contributed by atoms with Crippen LogP contribution in [0.3, 0.4) is 0 Å². The Labute approximate surface area is 202 Å². The number of halogens is 1. The molecule has 0 bridgehead atoms. The number of aliphatic hydroxyl groups excluding tert-OH is 2. The second-order valence-corrected chi connectivity index (χ2v) is 9.17. The number of sulfonamides is 1. The Kier molecular flexibility index (Phi) is 5.76. The number of carboxylic acids is 1. The van der Waals surface area contributed by atoms with E-state index in [9.17, 15) is 27.8 Å². The van der Waals surface area contributed by atoms with Crippen molar-refractivity contribution in [1.82, 2.24) is 9.97 Å². The molecule has 0 amide bonds. The van der Waals surface area contributed by atoms with Gasteiger partial charge in [0.05, 0.1) is 36.3 Å². The molecule has 33 heavy (non-hydrogen) atoms. The van der Waals surface area contributed by atoms with Crippen LogP contribution in [0.15, 0.2) is 30.3 Å². The minimum absolute atomic E-state index is 0.0479. The molecule has 0 spiro atoms. The maximum absolute atomic E-state index is 13.7. The summed E-state index contributed by atoms with van der Waals surface area (Å²) in [7, 11) is -3.07. The molecule has 2 rings (SSSR count). The maximum Gasteiger partial charge on any atom is 0.305 e. The largest absolute Gasteiger partial charge is 0.481 e. The number of hydrogen-bond acceptors (Lipinski definition) is 7. The predicted octanol–water partition coefficient (Wildman–Crippen LogP) is 2.40. The molecule has 0 saturated carbocycles. The summed E-state index contributed by atoms with van der Waals surface area (Å²) in [6.07, 6.45) is -1.46. The lowest BCUT2D eigenvalue weighted by atomic mass is 9.97. The molecule has 0 fully saturated rings. The molecule has 180 valence electrons. The molecule has 1 heterocycles. The van der Waals surface area contributed by atoms with Gasteiger partial charge in [-0.2, -0.15) is 0 Å². The summed E-state index contributed by atoms with van der Waals surface area (Å²) in [5.41, 5.74) is -1.62. The number of benzene rings is 1. The summed E-state index contributed by atoms with van der Waals surface area (Å²) in [5, 5.41) is 29.0. The third-order valence-electron chi connectivity index (χ3n) is 4.48. The smallest absolute Gasteiger partial charge is 0.305 e. The van der Waals surface area contributed by atoms with E-state index >= 15 is 0 Å². The Hall–Kier alpha value is -2.89. The quantitative estimate of drug-likeness (QED) is 0.463. The van der Waals surface area contributed by atoms with Crippen LogP contribution in [0.2, 0.25) is 0 Å². The van der Waals surface area contributed by atoms with Gasteiger partial charge < -0.3 is 15.3 Å². The Balaban J connectivity index is 3.00. The van der Waals surface area contributed by atoms with Crippen molar-refractivity contribution in [3.8, 4) is 11.3 Å². The van der Waals surface area contributed by atoms with Gasteiger partial charge in [0, 0.05) is 34.2 Å². The number of anilines is 1. The Bertz CT molecular complexity index is 1350. The fourth-order valence-corrected chi connectivity index (χ4v) is 3.15. The number of hydrogen-bond donors (Lipinski definition) is 3. The summed E-state index contributed by atoms with van der Waals surface area (Å²) >= 11 is 0. The molecule has 0 aliphatic rings. The van der Waals surface area contributed by atoms with Crippen molar-refractivity contribution in [2.75, 3.05) is 17.6 Å². The molecule has 2 aromatic rings. The van der Waals surface area contributed by atoms with Crippen molar-refractivity contribution < 1.29 is 42.5 Å². The molecule has 3 N–H and O–H groups in total. The van der Waals surface area contributed by atoms with Crippen LogP contribution in [0.1, 0.15) is 53.3 Å². The summed E-state index contributed by atoms with van der Waals surface area (Å²) < 4.78 is 95.1. The maximum atomic E-state index is 13.7. The van der Waals surface area contributed by atoms with Crippen molar-refractivity contribution in [1.29, 1.82) is 0 Å². The van der Waals surface area contributed by atoms with E-state index in [1.807, 2.05) is 0 Å². The highest BCUT2D eigenvalue weighted by molar-refractivity contribution is 7.92. The van der Waals surface area contributed by atoms with E-state index in [4.69, 9.17) is 14.7 Å². The number of carboxylic acid groups (broad SMARTS) is 1. The number of aromatic nitrogens is 2. The lowest BCUT2D eigenvalue weighted by Gasteiger charge is -2.20. The standard InChI is InChI=1S/C22H28FN3O6S/c1-13(2)20-18(10-9-16(27)11-17(28)12-19(29)30)21(14-5-7-15(23)8-6-14)25-22(24-20)26(3)33(4,31)32/h5-10,13,16-17,27-28H,11-12H2,1-4H3,(H,29,30)/b10-9+/t16-,17-/m1/s1/i1D3,2D3,13D. The summed E-state index contributed by atoms with van der Waals surface area (Å²) in [5.74, 6) is -6.15. The fourth-order valence-electron chi connectivity index (χ4n) is 2.77. The molecule has 0 radical (unpaired) electrons. The van der Waals surface area contributed by atoms with Crippen LogP contribution >= 0.6 is 0 Å². The van der Waals surface area contributed by atoms with Crippen LogP contribution < -0.4 is 4.31 Å². The molecule has 0 unspecified atom stereocenters. The van der Waals surface area contributed by atoms with Crippen molar-refractivity contribution in [2.45, 2.75) is 44.6 Å². The molecule has 1 aromatic heterocycles. The number of aliphatic carboxylic acids is 1. The second-order valence-electron chi connectivity index (χ2n) is 7.16. The van der Waals surface area contributed by atoms with Crippen LogP contribution in [0.5, 0.6) is 0 Å². The van der Waals surface area contributed by atoms with Crippen LogP contribution in [0, 0.1) is 5.82 Å². The normalized spacial score (nSPS) is 18.2. The lowest BCUT2D eigenvalue weighted by molar-refractivity contribution is -0.139. The number of nitrogens with zero attached hydrogens (tertiary/aromatic N) is 3. The van der Waals surface area contributed by atoms with E-state index in [0.29, 0.717) is 4.31 Å². The van der Waals surface area contributed by atoms with E-state index in [1.54, 1.807) is 0 Å². The highest BCUT2D eigenvalue weighted by atomic mass is 32.2. The van der Waals surface area contributed by atoms with Crippen molar-refractivity contribution in [3.05, 3.63) is 47.4 Å². The van der Waals surface area contributed by atoms with E-state index in [-0.39, 0.29) is 11.3 Å². The van der Waals surface area contributed by atoms with Gasteiger partial charge in [-0.15, -0.1) is 0 Å². The first-order valence-electron chi connectivity index (χ1n) is 13.0. The van der Waals surface area contributed by atoms with Gasteiger partial charge in [0.2, 0.25) is 16.0 Å². The number of rotatable bonds is 10. The average molecular weight is 489 g/mol. The third-order valence-corrected chi connectivity index (χ3v) is 5.63. The monoisotopic (exact) mass is 488 g/mol. The highest BCUT2D eigenvalue weighted by Crippen LogP contribution is 2.31. The first-order valence-corrected chi connectivity index (χ1v) is 11.3. The SMILES string of the molecule is [2H]C([2H])([2H])C([2H])(c1nc(N(C)S(C)(=O)=O)nc(-c2ccc(F)cc2)c1/C=C/[C@@H](O)C[C@@H](O)CC(=O)O)C([2H])([2H])[2H]. The zero-order chi connectivity index (χ0) is 30.8. The Morgan fingerprint density at radius 3 is 2.45 bits per heavy atom. The molecule has 11 heteroatoms. The predicted molar refractivity (Wildman–Crippen MR) is 123 cm³/mol. The minimum atomic E-state index is -4.08. The van der Waals surface area contributed by atoms with Gasteiger partial charge in [0.15, 0.2) is 0 Å². The van der Waals surface area contributed by atoms with Gasteiger partial charge in [-0.1, -0.05) is 25.9 Å². The minimum Gasteiger partial charge on any atom is -0.481 e. The molecule has 0 aliphatic heterocycles. The topological polar surface area (TPSA) is 141 Å². The van der Waals surface area contributed by atoms with Gasteiger partial charge in [-0.05, 0) is 30.2 Å². The molecule has 1 aromatic carbocycles. The summed E-state index contributed by atoms with van der Waals surface area (Å²) in [6, 6.07) is 4.38. The highest BCUT2D eigenvalue weighted by Gasteiger charge is 2.22. The van der Waals surface area contributed by atoms with Crippen LogP contribution in [-0.2, 0) is 14.8 Å². The van der Waals surface area contributed by atoms with E-state index in [2.05, 4.69) is 9.97 Å². The van der Waals surface area contributed by atoms with Gasteiger partial charge >= 0.3 is 5.97 Å². The van der Waals surface area contributed by atoms with E-state index < -0.39 is 83.7 Å². The lowest BCUT2D eigenvalue weighted by Crippen LogP contribution is -2.27. The average Bonchev–Trinajstić information content (AvgIpc) is 2.79. The van der Waals surface area contributed by atoms with Crippen molar-refractivity contribution in [2.24, 2.45) is 0 Å². The summed E-state index contributed by atoms with van der Waals surface area (Å²) in [6.45, 7) is -7.13. The summed E-state index contributed by atoms with van der Waals surface area (Å²) in [4.78, 5) is 18.9. The van der Waals surface area contributed by atoms with Crippen molar-refractivity contribution in [3.63, 3.8) is 0 Å². The first kappa shape index (κ1) is 17.6. The molecule has 0 aliphatic carbocycles. The molecule has 2 atom stereocenters. The van der Waals surface area contributed by atoms with Gasteiger partial charge in [-0.3, -0.25) is 4.79 Å². The van der Waals surface area contributed by atoms with E-state index in [0.717, 1.165) is 37.6 Å². The van der Waals surface area contributed by atoms with Gasteiger partial charge in [-0.25, -0.2) is 27.1 Å². The fraction of sp³-hybridized carbons (Fsp3) is 0.409. The number of carbonyl (C=O) groups is 1. The van der Waals surface area contributed by atoms with E-state index in [1.165, 1.54) is 12.1 Å². The number of aliphatic hydroxyl groups is 2. The Morgan fingerprint density at radius 1 is 1.27 bits per heavy atom. The molecular weight excluding hydrogens is 453 g/mol. The van der Waals surface area contributed by atoms with Crippen LogP contribution in [0.4, 0.5) is 10.3 Å². The molecule has 0 saturated heterocycles. The molecule has 9 nitrogen and oxygen atoms in total. The third kappa shape index (κ3) is 7.31. The van der Waals surface area contributed by atoms with Gasteiger partial charge in [0.25, 0.3) is 0 Å². The van der Waals surface area contributed by atoms with Gasteiger partial charge in [0.1, 0.15) is 5.82 Å². The zero-order valence-corrected chi connectivity index (χ0v) is 18.5. The van der Waals surface area contributed by atoms with Crippen molar-refractivity contribution >= 4 is 28.0 Å².